The molecular weight excluding hydrogens is 464 g/mol. The maximum Gasteiger partial charge on any atom is 0.417 e. The number of carbonyl (C=O) groups is 1. The molecule has 0 spiro atoms. The average Bonchev–Trinajstić information content (AvgIpc) is 3.39. The van der Waals surface area contributed by atoms with Crippen molar-refractivity contribution in [1.29, 1.82) is 0 Å². The lowest BCUT2D eigenvalue weighted by Crippen LogP contribution is -2.35. The molecule has 1 saturated heterocycles. The number of halogens is 5. The molecule has 2 aromatic carbocycles. The van der Waals surface area contributed by atoms with Gasteiger partial charge in [0.2, 0.25) is 0 Å². The van der Waals surface area contributed by atoms with E-state index in [9.17, 15) is 18.0 Å². The van der Waals surface area contributed by atoms with E-state index >= 15 is 0 Å². The summed E-state index contributed by atoms with van der Waals surface area (Å²) in [5, 5.41) is 2.80. The van der Waals surface area contributed by atoms with Gasteiger partial charge in [0.25, 0.3) is 0 Å². The van der Waals surface area contributed by atoms with E-state index in [2.05, 4.69) is 10.3 Å². The number of aromatic nitrogens is 2. The molecule has 3 aromatic rings. The summed E-state index contributed by atoms with van der Waals surface area (Å²) in [5.41, 5.74) is 0.0684. The van der Waals surface area contributed by atoms with Crippen molar-refractivity contribution in [2.75, 3.05) is 11.9 Å². The van der Waals surface area contributed by atoms with E-state index in [1.165, 1.54) is 6.07 Å². The SMILES string of the molecule is O=C(Nc1ccc(Cl)c(C(F)(F)F)c1)N1CCC[C@@H]1c1nccn1Cc1ccc(Cl)cc1. The van der Waals surface area contributed by atoms with Gasteiger partial charge in [0.1, 0.15) is 5.82 Å². The molecule has 1 fully saturated rings. The summed E-state index contributed by atoms with van der Waals surface area (Å²) in [5.74, 6) is 0.722. The monoisotopic (exact) mass is 482 g/mol. The molecule has 168 valence electrons. The van der Waals surface area contributed by atoms with Crippen molar-refractivity contribution < 1.29 is 18.0 Å². The molecule has 1 N–H and O–H groups in total. The molecule has 1 aliphatic heterocycles. The number of hydrogen-bond acceptors (Lipinski definition) is 2. The second kappa shape index (κ2) is 9.03. The van der Waals surface area contributed by atoms with Crippen molar-refractivity contribution in [3.05, 3.63) is 81.9 Å². The molecule has 2 amide bonds. The molecule has 4 rings (SSSR count). The van der Waals surface area contributed by atoms with Gasteiger partial charge < -0.3 is 14.8 Å². The van der Waals surface area contributed by atoms with Crippen molar-refractivity contribution in [2.24, 2.45) is 0 Å². The fraction of sp³-hybridized carbons (Fsp3) is 0.273. The Labute approximate surface area is 192 Å². The maximum absolute atomic E-state index is 13.1. The van der Waals surface area contributed by atoms with E-state index in [0.717, 1.165) is 29.9 Å². The lowest BCUT2D eigenvalue weighted by atomic mass is 10.2. The van der Waals surface area contributed by atoms with Crippen LogP contribution in [-0.2, 0) is 12.7 Å². The molecule has 0 saturated carbocycles. The van der Waals surface area contributed by atoms with Crippen LogP contribution >= 0.6 is 23.2 Å². The molecule has 2 heterocycles. The summed E-state index contributed by atoms with van der Waals surface area (Å²) in [6.07, 6.45) is 0.377. The Kier molecular flexibility index (Phi) is 6.35. The first-order valence-corrected chi connectivity index (χ1v) is 10.7. The van der Waals surface area contributed by atoms with Crippen LogP contribution in [-0.4, -0.2) is 27.0 Å². The van der Waals surface area contributed by atoms with Gasteiger partial charge in [-0.3, -0.25) is 0 Å². The first kappa shape index (κ1) is 22.5. The Morgan fingerprint density at radius 3 is 2.62 bits per heavy atom. The van der Waals surface area contributed by atoms with Gasteiger partial charge in [-0.05, 0) is 48.7 Å². The summed E-state index contributed by atoms with van der Waals surface area (Å²) >= 11 is 11.6. The van der Waals surface area contributed by atoms with E-state index < -0.39 is 22.8 Å². The lowest BCUT2D eigenvalue weighted by Gasteiger charge is -2.25. The Bertz CT molecular complexity index is 1120. The molecule has 0 unspecified atom stereocenters. The molecule has 1 aromatic heterocycles. The van der Waals surface area contributed by atoms with E-state index in [0.29, 0.717) is 24.5 Å². The summed E-state index contributed by atoms with van der Waals surface area (Å²) in [6, 6.07) is 10.0. The molecule has 5 nitrogen and oxygen atoms in total. The molecule has 0 radical (unpaired) electrons. The van der Waals surface area contributed by atoms with Crippen molar-refractivity contribution in [2.45, 2.75) is 31.6 Å². The summed E-state index contributed by atoms with van der Waals surface area (Å²) in [7, 11) is 0. The molecule has 32 heavy (non-hydrogen) atoms. The molecular formula is C22H19Cl2F3N4O. The van der Waals surface area contributed by atoms with Crippen LogP contribution < -0.4 is 5.32 Å². The Morgan fingerprint density at radius 1 is 1.16 bits per heavy atom. The molecule has 1 aliphatic rings. The molecule has 1 atom stereocenters. The predicted octanol–water partition coefficient (Wildman–Crippen LogP) is 6.63. The number of carbonyl (C=O) groups excluding carboxylic acids is 1. The van der Waals surface area contributed by atoms with Crippen molar-refractivity contribution in [3.63, 3.8) is 0 Å². The number of hydrogen-bond donors (Lipinski definition) is 1. The number of anilines is 1. The Hall–Kier alpha value is -2.71. The smallest absolute Gasteiger partial charge is 0.329 e. The number of nitrogens with one attached hydrogen (secondary N) is 1. The molecule has 10 heteroatoms. The van der Waals surface area contributed by atoms with Crippen molar-refractivity contribution in [3.8, 4) is 0 Å². The van der Waals surface area contributed by atoms with E-state index in [1.807, 2.05) is 35.0 Å². The van der Waals surface area contributed by atoms with Crippen molar-refractivity contribution >= 4 is 34.9 Å². The predicted molar refractivity (Wildman–Crippen MR) is 117 cm³/mol. The maximum atomic E-state index is 13.1. The van der Waals surface area contributed by atoms with Crippen LogP contribution in [0, 0.1) is 0 Å². The van der Waals surface area contributed by atoms with Gasteiger partial charge in [0, 0.05) is 36.2 Å². The quantitative estimate of drug-likeness (QED) is 0.453. The number of imidazole rings is 1. The third-order valence-corrected chi connectivity index (χ3v) is 5.93. The fourth-order valence-corrected chi connectivity index (χ4v) is 4.18. The van der Waals surface area contributed by atoms with Crippen LogP contribution in [0.4, 0.5) is 23.7 Å². The molecule has 0 aliphatic carbocycles. The second-order valence-electron chi connectivity index (χ2n) is 7.51. The van der Waals surface area contributed by atoms with Crippen LogP contribution in [0.15, 0.2) is 54.9 Å². The van der Waals surface area contributed by atoms with Gasteiger partial charge in [-0.1, -0.05) is 35.3 Å². The zero-order valence-electron chi connectivity index (χ0n) is 16.7. The second-order valence-corrected chi connectivity index (χ2v) is 8.36. The number of nitrogens with zero attached hydrogens (tertiary/aromatic N) is 3. The average molecular weight is 483 g/mol. The number of urea groups is 1. The Balaban J connectivity index is 1.52. The van der Waals surface area contributed by atoms with Gasteiger partial charge >= 0.3 is 12.2 Å². The number of benzene rings is 2. The highest BCUT2D eigenvalue weighted by atomic mass is 35.5. The van der Waals surface area contributed by atoms with Gasteiger partial charge in [0.15, 0.2) is 0 Å². The topological polar surface area (TPSA) is 50.2 Å². The summed E-state index contributed by atoms with van der Waals surface area (Å²) in [6.45, 7) is 1.04. The van der Waals surface area contributed by atoms with Gasteiger partial charge in [0.05, 0.1) is 16.6 Å². The fourth-order valence-electron chi connectivity index (χ4n) is 3.83. The highest BCUT2D eigenvalue weighted by Gasteiger charge is 2.35. The molecule has 0 bridgehead atoms. The van der Waals surface area contributed by atoms with Gasteiger partial charge in [-0.15, -0.1) is 0 Å². The largest absolute Gasteiger partial charge is 0.417 e. The van der Waals surface area contributed by atoms with Crippen molar-refractivity contribution in [1.82, 2.24) is 14.5 Å². The number of likely N-dealkylation sites (tertiary alicyclic amines) is 1. The van der Waals surface area contributed by atoms with E-state index in [-0.39, 0.29) is 11.7 Å². The minimum atomic E-state index is -4.61. The summed E-state index contributed by atoms with van der Waals surface area (Å²) < 4.78 is 41.4. The number of rotatable bonds is 4. The summed E-state index contributed by atoms with van der Waals surface area (Å²) in [4.78, 5) is 19.0. The van der Waals surface area contributed by atoms with Crippen LogP contribution in [0.3, 0.4) is 0 Å². The highest BCUT2D eigenvalue weighted by molar-refractivity contribution is 6.31. The minimum absolute atomic E-state index is 0.0295. The number of alkyl halides is 3. The third kappa shape index (κ3) is 4.86. The van der Waals surface area contributed by atoms with Crippen LogP contribution in [0.1, 0.15) is 35.8 Å². The minimum Gasteiger partial charge on any atom is -0.329 e. The number of amides is 2. The normalized spacial score (nSPS) is 16.4. The zero-order chi connectivity index (χ0) is 22.9. The first-order valence-electron chi connectivity index (χ1n) is 9.92. The van der Waals surface area contributed by atoms with E-state index in [1.54, 1.807) is 11.1 Å². The Morgan fingerprint density at radius 2 is 1.91 bits per heavy atom. The van der Waals surface area contributed by atoms with Crippen LogP contribution in [0.25, 0.3) is 0 Å². The highest BCUT2D eigenvalue weighted by Crippen LogP contribution is 2.37. The van der Waals surface area contributed by atoms with Gasteiger partial charge in [-0.25, -0.2) is 9.78 Å². The van der Waals surface area contributed by atoms with Crippen LogP contribution in [0.2, 0.25) is 10.0 Å². The third-order valence-electron chi connectivity index (χ3n) is 5.35. The van der Waals surface area contributed by atoms with Crippen LogP contribution in [0.5, 0.6) is 0 Å². The first-order chi connectivity index (χ1) is 15.2. The lowest BCUT2D eigenvalue weighted by molar-refractivity contribution is -0.137. The zero-order valence-corrected chi connectivity index (χ0v) is 18.3. The van der Waals surface area contributed by atoms with Gasteiger partial charge in [-0.2, -0.15) is 13.2 Å². The van der Waals surface area contributed by atoms with E-state index in [4.69, 9.17) is 23.2 Å². The standard InChI is InChI=1S/C22H19Cl2F3N4O/c23-15-5-3-14(4-6-15)13-30-11-9-28-20(30)19-2-1-10-31(19)21(32)29-16-7-8-18(24)17(12-16)22(25,26)27/h3-9,11-12,19H,1-2,10,13H2,(H,29,32)/t19-/m1/s1.